The van der Waals surface area contributed by atoms with E-state index in [1.54, 1.807) is 25.1 Å². The lowest BCUT2D eigenvalue weighted by Gasteiger charge is -2.13. The average molecular weight is 485 g/mol. The zero-order chi connectivity index (χ0) is 22.0. The number of hydrogen-bond acceptors (Lipinski definition) is 5. The van der Waals surface area contributed by atoms with Gasteiger partial charge in [-0.2, -0.15) is 5.10 Å². The Morgan fingerprint density at radius 3 is 2.61 bits per heavy atom. The number of benzene rings is 2. The fraction of sp³-hybridized carbons (Fsp3) is 0.174. The minimum atomic E-state index is -0.671. The summed E-state index contributed by atoms with van der Waals surface area (Å²) >= 11 is 3.35. The van der Waals surface area contributed by atoms with Gasteiger partial charge in [0.1, 0.15) is 17.3 Å². The van der Waals surface area contributed by atoms with Gasteiger partial charge in [-0.25, -0.2) is 14.6 Å². The van der Waals surface area contributed by atoms with Crippen molar-refractivity contribution in [2.75, 3.05) is 0 Å². The zero-order valence-electron chi connectivity index (χ0n) is 16.6. The van der Waals surface area contributed by atoms with Crippen molar-refractivity contribution in [3.05, 3.63) is 87.0 Å². The molecule has 3 aromatic rings. The lowest BCUT2D eigenvalue weighted by molar-refractivity contribution is 0.0698. The molecule has 0 spiro atoms. The molecule has 31 heavy (non-hydrogen) atoms. The van der Waals surface area contributed by atoms with Gasteiger partial charge in [0.25, 0.3) is 5.91 Å². The van der Waals surface area contributed by atoms with Gasteiger partial charge in [-0.1, -0.05) is 12.1 Å². The van der Waals surface area contributed by atoms with Crippen LogP contribution in [0.3, 0.4) is 0 Å². The molecule has 0 atom stereocenters. The minimum Gasteiger partial charge on any atom is -0.453 e. The predicted octanol–water partition coefficient (Wildman–Crippen LogP) is 5.18. The lowest BCUT2D eigenvalue weighted by atomic mass is 9.93. The van der Waals surface area contributed by atoms with E-state index in [1.807, 2.05) is 6.07 Å². The highest BCUT2D eigenvalue weighted by Crippen LogP contribution is 2.30. The second-order valence-electron chi connectivity index (χ2n) is 7.03. The minimum absolute atomic E-state index is 0.0704. The van der Waals surface area contributed by atoms with Gasteiger partial charge in [-0.15, -0.1) is 0 Å². The number of fused-ring (bicyclic) bond motifs is 1. The van der Waals surface area contributed by atoms with E-state index in [9.17, 15) is 14.0 Å². The normalized spacial score (nSPS) is 14.2. The van der Waals surface area contributed by atoms with Crippen LogP contribution in [-0.4, -0.2) is 17.6 Å². The fourth-order valence-corrected chi connectivity index (χ4v) is 3.92. The number of halogens is 2. The first-order valence-corrected chi connectivity index (χ1v) is 10.4. The van der Waals surface area contributed by atoms with E-state index in [-0.39, 0.29) is 17.4 Å². The van der Waals surface area contributed by atoms with E-state index in [4.69, 9.17) is 9.15 Å². The highest BCUT2D eigenvalue weighted by atomic mass is 79.9. The molecule has 1 aliphatic carbocycles. The summed E-state index contributed by atoms with van der Waals surface area (Å²) in [7, 11) is 0. The molecule has 1 aliphatic rings. The van der Waals surface area contributed by atoms with E-state index in [0.29, 0.717) is 45.5 Å². The Balaban J connectivity index is 1.57. The standard InChI is InChI=1S/C23H18BrFN2O4/c1-13-20-18(26-27-22(28)16-5-2-3-6-17(16)24)7-4-8-19(20)31-21(13)23(29)30-15-11-9-14(25)10-12-15/h2-3,5-6,9-12H,4,7-8H2,1H3,(H,27,28)/b26-18+. The molecule has 4 rings (SSSR count). The van der Waals surface area contributed by atoms with E-state index in [0.717, 1.165) is 6.42 Å². The summed E-state index contributed by atoms with van der Waals surface area (Å²) < 4.78 is 24.8. The van der Waals surface area contributed by atoms with Crippen molar-refractivity contribution in [1.82, 2.24) is 5.43 Å². The third-order valence-electron chi connectivity index (χ3n) is 4.95. The summed E-state index contributed by atoms with van der Waals surface area (Å²) in [6, 6.07) is 12.2. The Bertz CT molecular complexity index is 1180. The van der Waals surface area contributed by atoms with Crippen molar-refractivity contribution in [3.63, 3.8) is 0 Å². The number of esters is 1. The van der Waals surface area contributed by atoms with Crippen LogP contribution in [0.25, 0.3) is 0 Å². The van der Waals surface area contributed by atoms with Crippen LogP contribution in [-0.2, 0) is 6.42 Å². The van der Waals surface area contributed by atoms with Gasteiger partial charge in [0, 0.05) is 22.0 Å². The smallest absolute Gasteiger partial charge is 0.379 e. The third kappa shape index (κ3) is 4.44. The highest BCUT2D eigenvalue weighted by Gasteiger charge is 2.29. The zero-order valence-corrected chi connectivity index (χ0v) is 18.2. The van der Waals surface area contributed by atoms with Crippen LogP contribution in [0, 0.1) is 12.7 Å². The summed E-state index contributed by atoms with van der Waals surface area (Å²) in [6.07, 6.45) is 2.06. The monoisotopic (exact) mass is 484 g/mol. The molecule has 158 valence electrons. The van der Waals surface area contributed by atoms with Crippen molar-refractivity contribution in [2.24, 2.45) is 5.10 Å². The van der Waals surface area contributed by atoms with Gasteiger partial charge in [0.2, 0.25) is 5.76 Å². The molecular weight excluding hydrogens is 467 g/mol. The first-order valence-electron chi connectivity index (χ1n) is 9.66. The van der Waals surface area contributed by atoms with E-state index in [2.05, 4.69) is 26.5 Å². The Hall–Kier alpha value is -3.26. The second kappa shape index (κ2) is 8.85. The van der Waals surface area contributed by atoms with Gasteiger partial charge in [0.15, 0.2) is 0 Å². The maximum Gasteiger partial charge on any atom is 0.379 e. The molecule has 1 amide bonds. The molecule has 0 saturated carbocycles. The SMILES string of the molecule is Cc1c(C(=O)Oc2ccc(F)cc2)oc2c1/C(=N/NC(=O)c1ccccc1Br)CCC2. The molecule has 0 unspecified atom stereocenters. The molecule has 0 aliphatic heterocycles. The van der Waals surface area contributed by atoms with Gasteiger partial charge >= 0.3 is 5.97 Å². The van der Waals surface area contributed by atoms with Gasteiger partial charge in [-0.3, -0.25) is 4.79 Å². The van der Waals surface area contributed by atoms with Crippen LogP contribution in [0.15, 0.2) is 62.5 Å². The van der Waals surface area contributed by atoms with Crippen molar-refractivity contribution in [3.8, 4) is 5.75 Å². The molecule has 0 saturated heterocycles. The summed E-state index contributed by atoms with van der Waals surface area (Å²) in [6.45, 7) is 1.75. The van der Waals surface area contributed by atoms with Gasteiger partial charge in [-0.05, 0) is 72.1 Å². The second-order valence-corrected chi connectivity index (χ2v) is 7.88. The molecule has 1 aromatic heterocycles. The van der Waals surface area contributed by atoms with Crippen LogP contribution in [0.1, 0.15) is 50.6 Å². The van der Waals surface area contributed by atoms with E-state index >= 15 is 0 Å². The highest BCUT2D eigenvalue weighted by molar-refractivity contribution is 9.10. The van der Waals surface area contributed by atoms with Crippen molar-refractivity contribution < 1.29 is 23.1 Å². The van der Waals surface area contributed by atoms with Crippen LogP contribution in [0.4, 0.5) is 4.39 Å². The number of carbonyl (C=O) groups is 2. The molecule has 0 radical (unpaired) electrons. The lowest BCUT2D eigenvalue weighted by Crippen LogP contribution is -2.22. The Kier molecular flexibility index (Phi) is 5.99. The van der Waals surface area contributed by atoms with Crippen molar-refractivity contribution >= 4 is 33.5 Å². The number of nitrogens with one attached hydrogen (secondary N) is 1. The fourth-order valence-electron chi connectivity index (χ4n) is 3.45. The van der Waals surface area contributed by atoms with Crippen LogP contribution < -0.4 is 10.2 Å². The quantitative estimate of drug-likeness (QED) is 0.314. The molecular formula is C23H18BrFN2O4. The maximum atomic E-state index is 13.1. The summed E-state index contributed by atoms with van der Waals surface area (Å²) in [5, 5.41) is 4.31. The first kappa shape index (κ1) is 21.0. The predicted molar refractivity (Wildman–Crippen MR) is 116 cm³/mol. The topological polar surface area (TPSA) is 80.9 Å². The number of ether oxygens (including phenoxy) is 1. The molecule has 8 heteroatoms. The largest absolute Gasteiger partial charge is 0.453 e. The van der Waals surface area contributed by atoms with Crippen LogP contribution in [0.5, 0.6) is 5.75 Å². The van der Waals surface area contributed by atoms with E-state index < -0.39 is 11.8 Å². The number of carbonyl (C=O) groups excluding carboxylic acids is 2. The van der Waals surface area contributed by atoms with Crippen molar-refractivity contribution in [1.29, 1.82) is 0 Å². The number of nitrogens with zero attached hydrogens (tertiary/aromatic N) is 1. The van der Waals surface area contributed by atoms with E-state index in [1.165, 1.54) is 24.3 Å². The number of hydrazone groups is 1. The molecule has 2 aromatic carbocycles. The third-order valence-corrected chi connectivity index (χ3v) is 5.64. The molecule has 1 heterocycles. The van der Waals surface area contributed by atoms with Crippen LogP contribution >= 0.6 is 15.9 Å². The molecule has 0 bridgehead atoms. The summed E-state index contributed by atoms with van der Waals surface area (Å²) in [5.74, 6) is -0.520. The molecule has 6 nitrogen and oxygen atoms in total. The average Bonchev–Trinajstić information content (AvgIpc) is 3.11. The van der Waals surface area contributed by atoms with Crippen molar-refractivity contribution in [2.45, 2.75) is 26.2 Å². The number of hydrogen-bond donors (Lipinski definition) is 1. The molecule has 1 N–H and O–H groups in total. The van der Waals surface area contributed by atoms with Crippen LogP contribution in [0.2, 0.25) is 0 Å². The summed E-state index contributed by atoms with van der Waals surface area (Å²) in [4.78, 5) is 25.1. The maximum absolute atomic E-state index is 13.1. The number of amides is 1. The van der Waals surface area contributed by atoms with Gasteiger partial charge in [0.05, 0.1) is 11.3 Å². The van der Waals surface area contributed by atoms with Gasteiger partial charge < -0.3 is 9.15 Å². The summed E-state index contributed by atoms with van der Waals surface area (Å²) in [5.41, 5.74) is 5.00. The number of aryl methyl sites for hydroxylation is 1. The first-order chi connectivity index (χ1) is 14.9. The Morgan fingerprint density at radius 2 is 1.87 bits per heavy atom. The number of furan rings is 1. The molecule has 0 fully saturated rings. The number of rotatable bonds is 4. The Labute approximate surface area is 186 Å². The Morgan fingerprint density at radius 1 is 1.13 bits per heavy atom.